The number of thiazole rings is 1. The van der Waals surface area contributed by atoms with Gasteiger partial charge in [-0.2, -0.15) is 0 Å². The zero-order valence-corrected chi connectivity index (χ0v) is 19.1. The van der Waals surface area contributed by atoms with Gasteiger partial charge in [-0.15, -0.1) is 36.2 Å². The molecule has 0 saturated carbocycles. The highest BCUT2D eigenvalue weighted by Crippen LogP contribution is 2.25. The van der Waals surface area contributed by atoms with Crippen molar-refractivity contribution in [3.8, 4) is 16.3 Å². The van der Waals surface area contributed by atoms with Crippen molar-refractivity contribution in [3.05, 3.63) is 35.3 Å². The number of carbonyl (C=O) groups excluding carboxylic acids is 1. The molecule has 0 spiro atoms. The number of halogens is 2. The zero-order chi connectivity index (χ0) is 18.9. The van der Waals surface area contributed by atoms with Crippen LogP contribution in [0.2, 0.25) is 0 Å². The predicted octanol–water partition coefficient (Wildman–Crippen LogP) is 3.01. The van der Waals surface area contributed by atoms with E-state index in [4.69, 9.17) is 4.74 Å². The van der Waals surface area contributed by atoms with Gasteiger partial charge in [0.15, 0.2) is 0 Å². The summed E-state index contributed by atoms with van der Waals surface area (Å²) in [6.45, 7) is 8.71. The summed E-state index contributed by atoms with van der Waals surface area (Å²) < 4.78 is 5.46. The molecule has 1 fully saturated rings. The van der Waals surface area contributed by atoms with E-state index in [1.807, 2.05) is 36.6 Å². The molecule has 2 N–H and O–H groups in total. The first kappa shape index (κ1) is 25.7. The highest BCUT2D eigenvalue weighted by atomic mass is 35.5. The van der Waals surface area contributed by atoms with Gasteiger partial charge in [-0.25, -0.2) is 4.98 Å². The minimum Gasteiger partial charge on any atom is -0.494 e. The number of hydrogen-bond acceptors (Lipinski definition) is 6. The van der Waals surface area contributed by atoms with Crippen LogP contribution in [-0.2, 0) is 11.2 Å². The lowest BCUT2D eigenvalue weighted by atomic mass is 10.2. The van der Waals surface area contributed by atoms with Crippen LogP contribution in [0.1, 0.15) is 19.0 Å². The predicted molar refractivity (Wildman–Crippen MR) is 124 cm³/mol. The number of amides is 1. The lowest BCUT2D eigenvalue weighted by molar-refractivity contribution is -0.120. The highest BCUT2D eigenvalue weighted by molar-refractivity contribution is 7.13. The molecule has 1 saturated heterocycles. The van der Waals surface area contributed by atoms with Crippen molar-refractivity contribution in [1.29, 1.82) is 0 Å². The topological polar surface area (TPSA) is 66.5 Å². The highest BCUT2D eigenvalue weighted by Gasteiger charge is 2.11. The summed E-state index contributed by atoms with van der Waals surface area (Å²) in [6.07, 6.45) is 1.32. The molecule has 0 bridgehead atoms. The van der Waals surface area contributed by atoms with Crippen molar-refractivity contribution in [1.82, 2.24) is 20.5 Å². The van der Waals surface area contributed by atoms with E-state index in [9.17, 15) is 4.79 Å². The van der Waals surface area contributed by atoms with Crippen LogP contribution in [0.3, 0.4) is 0 Å². The minimum atomic E-state index is 0. The van der Waals surface area contributed by atoms with Crippen LogP contribution >= 0.6 is 36.2 Å². The smallest absolute Gasteiger partial charge is 0.226 e. The molecule has 6 nitrogen and oxygen atoms in total. The molecule has 2 heterocycles. The van der Waals surface area contributed by atoms with Gasteiger partial charge in [0.25, 0.3) is 0 Å². The third-order valence-corrected chi connectivity index (χ3v) is 5.43. The van der Waals surface area contributed by atoms with Gasteiger partial charge in [0.2, 0.25) is 5.91 Å². The Morgan fingerprint density at radius 3 is 2.66 bits per heavy atom. The Hall–Kier alpha value is -1.38. The maximum atomic E-state index is 12.1. The summed E-state index contributed by atoms with van der Waals surface area (Å²) in [4.78, 5) is 19.2. The fraction of sp³-hybridized carbons (Fsp3) is 0.500. The summed E-state index contributed by atoms with van der Waals surface area (Å²) in [5, 5.41) is 9.25. The van der Waals surface area contributed by atoms with Crippen LogP contribution < -0.4 is 15.4 Å². The molecule has 0 atom stereocenters. The second-order valence-corrected chi connectivity index (χ2v) is 7.43. The van der Waals surface area contributed by atoms with Gasteiger partial charge >= 0.3 is 0 Å². The van der Waals surface area contributed by atoms with Crippen LogP contribution in [0.5, 0.6) is 5.75 Å². The van der Waals surface area contributed by atoms with Crippen molar-refractivity contribution in [2.45, 2.75) is 19.8 Å². The second-order valence-electron chi connectivity index (χ2n) is 6.57. The maximum Gasteiger partial charge on any atom is 0.226 e. The largest absolute Gasteiger partial charge is 0.494 e. The third kappa shape index (κ3) is 8.48. The van der Waals surface area contributed by atoms with Crippen LogP contribution in [0.25, 0.3) is 10.6 Å². The third-order valence-electron chi connectivity index (χ3n) is 4.49. The number of piperazine rings is 1. The molecule has 1 aliphatic heterocycles. The van der Waals surface area contributed by atoms with Gasteiger partial charge in [0, 0.05) is 43.7 Å². The molecule has 9 heteroatoms. The van der Waals surface area contributed by atoms with Crippen molar-refractivity contribution < 1.29 is 9.53 Å². The van der Waals surface area contributed by atoms with E-state index in [0.717, 1.165) is 67.7 Å². The van der Waals surface area contributed by atoms with E-state index in [-0.39, 0.29) is 30.7 Å². The van der Waals surface area contributed by atoms with E-state index >= 15 is 0 Å². The van der Waals surface area contributed by atoms with Crippen LogP contribution in [-0.4, -0.2) is 61.7 Å². The van der Waals surface area contributed by atoms with Crippen molar-refractivity contribution in [2.24, 2.45) is 0 Å². The maximum absolute atomic E-state index is 12.1. The Morgan fingerprint density at radius 2 is 1.97 bits per heavy atom. The standard InChI is InChI=1S/C20H28N4O2S.2ClH/c1-2-26-18-6-4-16(5-7-18)20-23-17(15-27-20)14-19(25)22-8-3-11-24-12-9-21-10-13-24;;/h4-7,15,21H,2-3,8-14H2,1H3,(H,22,25);2*1H. The quantitative estimate of drug-likeness (QED) is 0.562. The van der Waals surface area contributed by atoms with Gasteiger partial charge in [-0.3, -0.25) is 4.79 Å². The molecule has 162 valence electrons. The summed E-state index contributed by atoms with van der Waals surface area (Å²) in [5.41, 5.74) is 1.87. The van der Waals surface area contributed by atoms with Gasteiger partial charge in [-0.05, 0) is 44.2 Å². The molecule has 1 aromatic carbocycles. The summed E-state index contributed by atoms with van der Waals surface area (Å²) in [6, 6.07) is 7.91. The average molecular weight is 461 g/mol. The van der Waals surface area contributed by atoms with Gasteiger partial charge in [0.05, 0.1) is 18.7 Å². The first-order chi connectivity index (χ1) is 13.2. The number of ether oxygens (including phenoxy) is 1. The Morgan fingerprint density at radius 1 is 1.24 bits per heavy atom. The van der Waals surface area contributed by atoms with Crippen molar-refractivity contribution in [2.75, 3.05) is 45.9 Å². The van der Waals surface area contributed by atoms with Crippen molar-refractivity contribution >= 4 is 42.1 Å². The summed E-state index contributed by atoms with van der Waals surface area (Å²) in [7, 11) is 0. The molecular formula is C20H30Cl2N4O2S. The lowest BCUT2D eigenvalue weighted by Crippen LogP contribution is -2.44. The number of nitrogens with one attached hydrogen (secondary N) is 2. The molecule has 1 aromatic heterocycles. The number of rotatable bonds is 9. The fourth-order valence-corrected chi connectivity index (χ4v) is 3.90. The molecule has 2 aromatic rings. The number of hydrogen-bond donors (Lipinski definition) is 2. The van der Waals surface area contributed by atoms with E-state index < -0.39 is 0 Å². The molecule has 0 radical (unpaired) electrons. The SMILES string of the molecule is CCOc1ccc(-c2nc(CC(=O)NCCCN3CCNCC3)cs2)cc1.Cl.Cl. The average Bonchev–Trinajstić information content (AvgIpc) is 3.15. The van der Waals surface area contributed by atoms with E-state index in [0.29, 0.717) is 13.0 Å². The monoisotopic (exact) mass is 460 g/mol. The fourth-order valence-electron chi connectivity index (χ4n) is 3.07. The Balaban J connectivity index is 0.00000210. The number of benzene rings is 1. The molecule has 1 amide bonds. The van der Waals surface area contributed by atoms with E-state index in [1.165, 1.54) is 0 Å². The van der Waals surface area contributed by atoms with Gasteiger partial charge in [-0.1, -0.05) is 0 Å². The number of carbonyl (C=O) groups is 1. The first-order valence-corrected chi connectivity index (χ1v) is 10.5. The van der Waals surface area contributed by atoms with Crippen molar-refractivity contribution in [3.63, 3.8) is 0 Å². The van der Waals surface area contributed by atoms with E-state index in [1.54, 1.807) is 11.3 Å². The van der Waals surface area contributed by atoms with E-state index in [2.05, 4.69) is 20.5 Å². The molecule has 29 heavy (non-hydrogen) atoms. The Kier molecular flexibility index (Phi) is 12.2. The van der Waals surface area contributed by atoms with Crippen LogP contribution in [0.4, 0.5) is 0 Å². The van der Waals surface area contributed by atoms with Crippen LogP contribution in [0, 0.1) is 0 Å². The molecular weight excluding hydrogens is 431 g/mol. The molecule has 3 rings (SSSR count). The van der Waals surface area contributed by atoms with Crippen LogP contribution in [0.15, 0.2) is 29.6 Å². The zero-order valence-electron chi connectivity index (χ0n) is 16.7. The number of nitrogens with zero attached hydrogens (tertiary/aromatic N) is 2. The second kappa shape index (κ2) is 13.8. The number of aromatic nitrogens is 1. The molecule has 0 unspecified atom stereocenters. The normalized spacial score (nSPS) is 13.8. The lowest BCUT2D eigenvalue weighted by Gasteiger charge is -2.27. The Bertz CT molecular complexity index is 722. The minimum absolute atomic E-state index is 0. The molecule has 0 aliphatic carbocycles. The summed E-state index contributed by atoms with van der Waals surface area (Å²) >= 11 is 1.57. The Labute approximate surface area is 189 Å². The summed E-state index contributed by atoms with van der Waals surface area (Å²) in [5.74, 6) is 0.900. The first-order valence-electron chi connectivity index (χ1n) is 9.62. The molecule has 1 aliphatic rings. The van der Waals surface area contributed by atoms with Gasteiger partial charge in [0.1, 0.15) is 10.8 Å². The van der Waals surface area contributed by atoms with Gasteiger partial charge < -0.3 is 20.3 Å².